The number of non-ortho nitro benzene ring substituents is 1. The van der Waals surface area contributed by atoms with Gasteiger partial charge in [-0.2, -0.15) is 5.10 Å². The topological polar surface area (TPSA) is 101 Å². The lowest BCUT2D eigenvalue weighted by Crippen LogP contribution is -2.51. The Labute approximate surface area is 177 Å². The molecule has 9 heteroatoms. The van der Waals surface area contributed by atoms with E-state index in [1.54, 1.807) is 19.2 Å². The lowest BCUT2D eigenvalue weighted by atomic mass is 10.1. The van der Waals surface area contributed by atoms with E-state index < -0.39 is 0 Å². The van der Waals surface area contributed by atoms with Crippen LogP contribution in [-0.4, -0.2) is 53.4 Å². The van der Waals surface area contributed by atoms with E-state index >= 15 is 0 Å². The Morgan fingerprint density at radius 3 is 2.80 bits per heavy atom. The number of aryl methyl sites for hydroxylation is 2. The Balaban J connectivity index is 1.36. The molecule has 162 valence electrons. The van der Waals surface area contributed by atoms with E-state index in [1.807, 2.05) is 30.1 Å². The summed E-state index contributed by atoms with van der Waals surface area (Å²) >= 11 is 0. The molecular weight excluding hydrogens is 382 g/mol. The first-order valence-electron chi connectivity index (χ1n) is 10.5. The summed E-state index contributed by atoms with van der Waals surface area (Å²) in [5.41, 5.74) is 2.43. The largest absolute Gasteiger partial charge is 0.367 e. The molecule has 1 aromatic carbocycles. The van der Waals surface area contributed by atoms with Crippen molar-refractivity contribution in [2.75, 3.05) is 31.6 Å². The van der Waals surface area contributed by atoms with Crippen molar-refractivity contribution in [3.8, 4) is 0 Å². The number of unbranched alkanes of at least 4 members (excludes halogenated alkanes) is 1. The van der Waals surface area contributed by atoms with Gasteiger partial charge in [-0.1, -0.05) is 12.1 Å². The van der Waals surface area contributed by atoms with Gasteiger partial charge in [0.25, 0.3) is 5.69 Å². The lowest BCUT2D eigenvalue weighted by molar-refractivity contribution is -0.384. The second-order valence-corrected chi connectivity index (χ2v) is 7.68. The molecule has 0 saturated carbocycles. The Kier molecular flexibility index (Phi) is 7.64. The number of hydrogen-bond acceptors (Lipinski definition) is 5. The predicted octanol–water partition coefficient (Wildman–Crippen LogP) is 2.49. The molecule has 2 N–H and O–H groups in total. The summed E-state index contributed by atoms with van der Waals surface area (Å²) in [4.78, 5) is 17.1. The van der Waals surface area contributed by atoms with Gasteiger partial charge in [0.05, 0.1) is 16.8 Å². The highest BCUT2D eigenvalue weighted by atomic mass is 16.6. The third kappa shape index (κ3) is 6.20. The van der Waals surface area contributed by atoms with E-state index in [1.165, 1.54) is 0 Å². The first-order valence-corrected chi connectivity index (χ1v) is 10.5. The van der Waals surface area contributed by atoms with Gasteiger partial charge in [0, 0.05) is 58.1 Å². The summed E-state index contributed by atoms with van der Waals surface area (Å²) in [7, 11) is 3.74. The molecule has 1 fully saturated rings. The Morgan fingerprint density at radius 1 is 1.33 bits per heavy atom. The molecule has 0 bridgehead atoms. The first kappa shape index (κ1) is 21.6. The zero-order chi connectivity index (χ0) is 21.3. The van der Waals surface area contributed by atoms with Crippen LogP contribution in [0.4, 0.5) is 11.4 Å². The van der Waals surface area contributed by atoms with Crippen molar-refractivity contribution >= 4 is 17.3 Å². The second kappa shape index (κ2) is 10.6. The highest BCUT2D eigenvalue weighted by molar-refractivity contribution is 5.80. The Morgan fingerprint density at radius 2 is 2.13 bits per heavy atom. The van der Waals surface area contributed by atoms with Crippen LogP contribution in [-0.2, 0) is 13.5 Å². The van der Waals surface area contributed by atoms with E-state index in [0.29, 0.717) is 6.04 Å². The van der Waals surface area contributed by atoms with Crippen LogP contribution in [0.25, 0.3) is 0 Å². The molecule has 2 aromatic rings. The molecule has 1 aromatic heterocycles. The summed E-state index contributed by atoms with van der Waals surface area (Å²) in [5.74, 6) is 0.836. The van der Waals surface area contributed by atoms with Crippen LogP contribution in [0.1, 0.15) is 31.2 Å². The highest BCUT2D eigenvalue weighted by Crippen LogP contribution is 2.19. The van der Waals surface area contributed by atoms with Crippen molar-refractivity contribution in [3.05, 3.63) is 52.3 Å². The van der Waals surface area contributed by atoms with Crippen LogP contribution < -0.4 is 15.5 Å². The monoisotopic (exact) mass is 413 g/mol. The van der Waals surface area contributed by atoms with Gasteiger partial charge in [0.1, 0.15) is 0 Å². The summed E-state index contributed by atoms with van der Waals surface area (Å²) in [6.45, 7) is 2.83. The van der Waals surface area contributed by atoms with Gasteiger partial charge in [0.2, 0.25) is 0 Å². The van der Waals surface area contributed by atoms with Gasteiger partial charge in [-0.3, -0.25) is 19.8 Å². The fourth-order valence-electron chi connectivity index (χ4n) is 3.73. The van der Waals surface area contributed by atoms with Gasteiger partial charge >= 0.3 is 0 Å². The molecule has 9 nitrogen and oxygen atoms in total. The minimum Gasteiger partial charge on any atom is -0.367 e. The minimum atomic E-state index is -0.366. The van der Waals surface area contributed by atoms with E-state index in [2.05, 4.69) is 31.8 Å². The molecular formula is C21H31N7O2. The lowest BCUT2D eigenvalue weighted by Gasteiger charge is -2.34. The smallest absolute Gasteiger partial charge is 0.269 e. The number of nitro groups is 1. The van der Waals surface area contributed by atoms with Gasteiger partial charge in [-0.15, -0.1) is 0 Å². The zero-order valence-corrected chi connectivity index (χ0v) is 17.8. The maximum absolute atomic E-state index is 10.7. The van der Waals surface area contributed by atoms with Gasteiger partial charge in [-0.25, -0.2) is 0 Å². The summed E-state index contributed by atoms with van der Waals surface area (Å²) in [6, 6.07) is 7.16. The van der Waals surface area contributed by atoms with Crippen LogP contribution >= 0.6 is 0 Å². The number of hydrogen-bond donors (Lipinski definition) is 2. The number of rotatable bonds is 8. The van der Waals surface area contributed by atoms with Crippen molar-refractivity contribution in [1.29, 1.82) is 0 Å². The SMILES string of the molecule is CN=C(NCCCCc1ccc([N+](=O)[O-])cc1)NC1CCCN(c2cnn(C)c2)C1. The van der Waals surface area contributed by atoms with Gasteiger partial charge < -0.3 is 15.5 Å². The maximum atomic E-state index is 10.7. The second-order valence-electron chi connectivity index (χ2n) is 7.68. The van der Waals surface area contributed by atoms with Crippen molar-refractivity contribution < 1.29 is 4.92 Å². The number of benzene rings is 1. The summed E-state index contributed by atoms with van der Waals surface area (Å²) in [5, 5.41) is 21.9. The number of nitrogens with one attached hydrogen (secondary N) is 2. The zero-order valence-electron chi connectivity index (χ0n) is 17.8. The van der Waals surface area contributed by atoms with E-state index in [-0.39, 0.29) is 10.6 Å². The van der Waals surface area contributed by atoms with Crippen LogP contribution in [0.15, 0.2) is 41.7 Å². The highest BCUT2D eigenvalue weighted by Gasteiger charge is 2.21. The van der Waals surface area contributed by atoms with Crippen LogP contribution in [0.5, 0.6) is 0 Å². The molecule has 30 heavy (non-hydrogen) atoms. The number of anilines is 1. The standard InChI is InChI=1S/C21H31N7O2/c1-22-21(23-12-4-3-6-17-8-10-19(11-9-17)28(29)30)25-18-7-5-13-27(15-18)20-14-24-26(2)16-20/h8-11,14,16,18H,3-7,12-13,15H2,1-2H3,(H2,22,23,25). The van der Waals surface area contributed by atoms with E-state index in [4.69, 9.17) is 0 Å². The molecule has 1 aliphatic rings. The molecule has 0 spiro atoms. The average Bonchev–Trinajstić information content (AvgIpc) is 3.19. The quantitative estimate of drug-likeness (QED) is 0.227. The van der Waals surface area contributed by atoms with Crippen LogP contribution in [0, 0.1) is 10.1 Å². The summed E-state index contributed by atoms with van der Waals surface area (Å²) < 4.78 is 1.84. The third-order valence-corrected chi connectivity index (χ3v) is 5.37. The van der Waals surface area contributed by atoms with Crippen molar-refractivity contribution in [3.63, 3.8) is 0 Å². The Bertz CT molecular complexity index is 847. The normalized spacial score (nSPS) is 17.1. The summed E-state index contributed by atoms with van der Waals surface area (Å²) in [6.07, 6.45) is 9.16. The minimum absolute atomic E-state index is 0.139. The van der Waals surface area contributed by atoms with Gasteiger partial charge in [-0.05, 0) is 37.7 Å². The maximum Gasteiger partial charge on any atom is 0.269 e. The number of piperidine rings is 1. The molecule has 3 rings (SSSR count). The third-order valence-electron chi connectivity index (χ3n) is 5.37. The van der Waals surface area contributed by atoms with Crippen LogP contribution in [0.3, 0.4) is 0 Å². The Hall–Kier alpha value is -3.10. The number of aromatic nitrogens is 2. The number of nitro benzene ring substituents is 1. The molecule has 1 unspecified atom stereocenters. The average molecular weight is 414 g/mol. The van der Waals surface area contributed by atoms with Gasteiger partial charge in [0.15, 0.2) is 5.96 Å². The van der Waals surface area contributed by atoms with Crippen molar-refractivity contribution in [2.45, 2.75) is 38.1 Å². The fourth-order valence-corrected chi connectivity index (χ4v) is 3.73. The number of aliphatic imine (C=N–C) groups is 1. The van der Waals surface area contributed by atoms with Crippen molar-refractivity contribution in [1.82, 2.24) is 20.4 Å². The first-order chi connectivity index (χ1) is 14.5. The number of nitrogens with zero attached hydrogens (tertiary/aromatic N) is 5. The molecule has 2 heterocycles. The molecule has 1 saturated heterocycles. The van der Waals surface area contributed by atoms with E-state index in [9.17, 15) is 10.1 Å². The molecule has 1 atom stereocenters. The van der Waals surface area contributed by atoms with E-state index in [0.717, 1.165) is 68.9 Å². The fraction of sp³-hybridized carbons (Fsp3) is 0.524. The molecule has 0 aliphatic carbocycles. The molecule has 0 radical (unpaired) electrons. The molecule has 0 amide bonds. The van der Waals surface area contributed by atoms with Crippen molar-refractivity contribution in [2.24, 2.45) is 12.0 Å². The predicted molar refractivity (Wildman–Crippen MR) is 119 cm³/mol. The number of guanidine groups is 1. The van der Waals surface area contributed by atoms with Crippen LogP contribution in [0.2, 0.25) is 0 Å². The molecule has 1 aliphatic heterocycles.